The Morgan fingerprint density at radius 3 is 2.80 bits per heavy atom. The molecule has 0 spiro atoms. The predicted octanol–water partition coefficient (Wildman–Crippen LogP) is 3.43. The van der Waals surface area contributed by atoms with Crippen LogP contribution in [0.2, 0.25) is 0 Å². The van der Waals surface area contributed by atoms with E-state index < -0.39 is 0 Å². The molecule has 3 nitrogen and oxygen atoms in total. The maximum absolute atomic E-state index is 10.2. The number of hydrogen-bond donors (Lipinski definition) is 2. The van der Waals surface area contributed by atoms with Gasteiger partial charge in [-0.2, -0.15) is 0 Å². The van der Waals surface area contributed by atoms with E-state index in [-0.39, 0.29) is 18.2 Å². The maximum atomic E-state index is 10.2. The number of aliphatic hydroxyl groups excluding tert-OH is 1. The van der Waals surface area contributed by atoms with Gasteiger partial charge < -0.3 is 15.2 Å². The summed E-state index contributed by atoms with van der Waals surface area (Å²) >= 11 is 0. The highest BCUT2D eigenvalue weighted by Crippen LogP contribution is 2.29. The Hall–Kier alpha value is -1.06. The molecule has 3 atom stereocenters. The molecule has 20 heavy (non-hydrogen) atoms. The van der Waals surface area contributed by atoms with Crippen molar-refractivity contribution in [1.29, 1.82) is 0 Å². The van der Waals surface area contributed by atoms with Gasteiger partial charge in [-0.1, -0.05) is 38.0 Å². The van der Waals surface area contributed by atoms with Crippen LogP contribution in [-0.4, -0.2) is 23.9 Å². The maximum Gasteiger partial charge on any atom is 0.124 e. The van der Waals surface area contributed by atoms with Crippen LogP contribution in [0.25, 0.3) is 0 Å². The SMILES string of the molecule is CCNC(C)c1ccccc1OC1CCCCCC1O. The Morgan fingerprint density at radius 2 is 2.00 bits per heavy atom. The van der Waals surface area contributed by atoms with E-state index in [1.165, 1.54) is 12.0 Å². The van der Waals surface area contributed by atoms with Crippen molar-refractivity contribution in [1.82, 2.24) is 5.32 Å². The summed E-state index contributed by atoms with van der Waals surface area (Å²) in [5, 5.41) is 13.6. The Labute approximate surface area is 122 Å². The molecule has 0 aromatic heterocycles. The summed E-state index contributed by atoms with van der Waals surface area (Å²) in [6.45, 7) is 5.19. The van der Waals surface area contributed by atoms with E-state index in [0.717, 1.165) is 38.0 Å². The van der Waals surface area contributed by atoms with Gasteiger partial charge in [0.2, 0.25) is 0 Å². The van der Waals surface area contributed by atoms with E-state index in [2.05, 4.69) is 25.2 Å². The molecule has 0 amide bonds. The van der Waals surface area contributed by atoms with Crippen LogP contribution >= 0.6 is 0 Å². The van der Waals surface area contributed by atoms with Crippen LogP contribution in [0.1, 0.15) is 57.6 Å². The number of nitrogens with one attached hydrogen (secondary N) is 1. The van der Waals surface area contributed by atoms with Crippen LogP contribution in [0, 0.1) is 0 Å². The molecule has 1 aliphatic carbocycles. The van der Waals surface area contributed by atoms with Gasteiger partial charge >= 0.3 is 0 Å². The zero-order valence-electron chi connectivity index (χ0n) is 12.6. The van der Waals surface area contributed by atoms with Crippen LogP contribution in [0.3, 0.4) is 0 Å². The summed E-state index contributed by atoms with van der Waals surface area (Å²) in [6.07, 6.45) is 4.86. The van der Waals surface area contributed by atoms with Crippen molar-refractivity contribution in [3.8, 4) is 5.75 Å². The summed E-state index contributed by atoms with van der Waals surface area (Å²) in [5.74, 6) is 0.909. The lowest BCUT2D eigenvalue weighted by atomic mass is 10.1. The quantitative estimate of drug-likeness (QED) is 0.810. The topological polar surface area (TPSA) is 41.5 Å². The number of aliphatic hydroxyl groups is 1. The molecule has 1 aromatic carbocycles. The molecule has 1 aliphatic rings. The fraction of sp³-hybridized carbons (Fsp3) is 0.647. The first-order valence-electron chi connectivity index (χ1n) is 7.89. The lowest BCUT2D eigenvalue weighted by molar-refractivity contribution is 0.0312. The number of ether oxygens (including phenoxy) is 1. The highest BCUT2D eigenvalue weighted by atomic mass is 16.5. The molecule has 1 aromatic rings. The molecule has 1 saturated carbocycles. The lowest BCUT2D eigenvalue weighted by Crippen LogP contribution is -2.31. The zero-order valence-corrected chi connectivity index (χ0v) is 12.6. The van der Waals surface area contributed by atoms with E-state index in [1.54, 1.807) is 0 Å². The van der Waals surface area contributed by atoms with Crippen LogP contribution in [-0.2, 0) is 0 Å². The molecule has 0 bridgehead atoms. The smallest absolute Gasteiger partial charge is 0.124 e. The molecular formula is C17H27NO2. The zero-order chi connectivity index (χ0) is 14.4. The monoisotopic (exact) mass is 277 g/mol. The van der Waals surface area contributed by atoms with Gasteiger partial charge in [0.25, 0.3) is 0 Å². The Morgan fingerprint density at radius 1 is 1.25 bits per heavy atom. The third kappa shape index (κ3) is 3.97. The van der Waals surface area contributed by atoms with Gasteiger partial charge in [-0.3, -0.25) is 0 Å². The summed E-state index contributed by atoms with van der Waals surface area (Å²) < 4.78 is 6.16. The third-order valence-electron chi connectivity index (χ3n) is 4.09. The Bertz CT molecular complexity index is 408. The van der Waals surface area contributed by atoms with Gasteiger partial charge in [0.05, 0.1) is 6.10 Å². The van der Waals surface area contributed by atoms with Crippen LogP contribution in [0.5, 0.6) is 5.75 Å². The molecule has 0 aliphatic heterocycles. The van der Waals surface area contributed by atoms with E-state index >= 15 is 0 Å². The lowest BCUT2D eigenvalue weighted by Gasteiger charge is -2.25. The molecule has 0 radical (unpaired) electrons. The highest BCUT2D eigenvalue weighted by molar-refractivity contribution is 5.35. The molecule has 1 fully saturated rings. The number of rotatable bonds is 5. The van der Waals surface area contributed by atoms with Crippen molar-refractivity contribution in [2.75, 3.05) is 6.54 Å². The average Bonchev–Trinajstić information content (AvgIpc) is 2.65. The van der Waals surface area contributed by atoms with Gasteiger partial charge in [0, 0.05) is 11.6 Å². The van der Waals surface area contributed by atoms with Gasteiger partial charge in [0.1, 0.15) is 11.9 Å². The number of benzene rings is 1. The van der Waals surface area contributed by atoms with Crippen molar-refractivity contribution in [3.05, 3.63) is 29.8 Å². The molecule has 2 rings (SSSR count). The highest BCUT2D eigenvalue weighted by Gasteiger charge is 2.24. The van der Waals surface area contributed by atoms with Crippen LogP contribution < -0.4 is 10.1 Å². The minimum Gasteiger partial charge on any atom is -0.487 e. The largest absolute Gasteiger partial charge is 0.487 e. The van der Waals surface area contributed by atoms with Crippen LogP contribution in [0.15, 0.2) is 24.3 Å². The van der Waals surface area contributed by atoms with Crippen molar-refractivity contribution in [2.45, 2.75) is 64.2 Å². The first-order valence-corrected chi connectivity index (χ1v) is 7.89. The second-order valence-corrected chi connectivity index (χ2v) is 5.68. The number of para-hydroxylation sites is 1. The Balaban J connectivity index is 2.11. The van der Waals surface area contributed by atoms with E-state index in [1.807, 2.05) is 18.2 Å². The van der Waals surface area contributed by atoms with Gasteiger partial charge in [-0.25, -0.2) is 0 Å². The minimum absolute atomic E-state index is 0.0625. The molecule has 3 heteroatoms. The van der Waals surface area contributed by atoms with Gasteiger partial charge in [-0.15, -0.1) is 0 Å². The van der Waals surface area contributed by atoms with Crippen molar-refractivity contribution in [3.63, 3.8) is 0 Å². The van der Waals surface area contributed by atoms with Crippen LogP contribution in [0.4, 0.5) is 0 Å². The second-order valence-electron chi connectivity index (χ2n) is 5.68. The third-order valence-corrected chi connectivity index (χ3v) is 4.09. The van der Waals surface area contributed by atoms with E-state index in [0.29, 0.717) is 0 Å². The number of hydrogen-bond acceptors (Lipinski definition) is 3. The summed E-state index contributed by atoms with van der Waals surface area (Å²) in [6, 6.07) is 8.42. The molecule has 2 N–H and O–H groups in total. The van der Waals surface area contributed by atoms with E-state index in [9.17, 15) is 5.11 Å². The van der Waals surface area contributed by atoms with Crippen molar-refractivity contribution >= 4 is 0 Å². The fourth-order valence-electron chi connectivity index (χ4n) is 2.92. The summed E-state index contributed by atoms with van der Waals surface area (Å²) in [7, 11) is 0. The molecule has 112 valence electrons. The first-order chi connectivity index (χ1) is 9.72. The standard InChI is InChI=1S/C17H27NO2/c1-3-18-13(2)14-9-7-8-11-16(14)20-17-12-6-4-5-10-15(17)19/h7-9,11,13,15,17-19H,3-6,10,12H2,1-2H3. The fourth-order valence-corrected chi connectivity index (χ4v) is 2.92. The molecule has 3 unspecified atom stereocenters. The molecular weight excluding hydrogens is 250 g/mol. The minimum atomic E-state index is -0.333. The first kappa shape index (κ1) is 15.3. The van der Waals surface area contributed by atoms with Crippen molar-refractivity contribution in [2.24, 2.45) is 0 Å². The predicted molar refractivity (Wildman–Crippen MR) is 82.0 cm³/mol. The summed E-state index contributed by atoms with van der Waals surface area (Å²) in [5.41, 5.74) is 1.17. The molecule has 0 saturated heterocycles. The van der Waals surface area contributed by atoms with Crippen molar-refractivity contribution < 1.29 is 9.84 Å². The van der Waals surface area contributed by atoms with Gasteiger partial charge in [-0.05, 0) is 38.8 Å². The second kappa shape index (κ2) is 7.65. The van der Waals surface area contributed by atoms with Gasteiger partial charge in [0.15, 0.2) is 0 Å². The average molecular weight is 277 g/mol. The normalized spacial score (nSPS) is 24.9. The van der Waals surface area contributed by atoms with E-state index in [4.69, 9.17) is 4.74 Å². The summed E-state index contributed by atoms with van der Waals surface area (Å²) in [4.78, 5) is 0. The molecule has 0 heterocycles. The Kier molecular flexibility index (Phi) is 5.86.